The molecule has 1 unspecified atom stereocenters. The van der Waals surface area contributed by atoms with Crippen LogP contribution in [0.15, 0.2) is 53.1 Å². The molecule has 1 amide bonds. The highest BCUT2D eigenvalue weighted by atomic mass is 35.5. The monoisotopic (exact) mass is 401 g/mol. The zero-order valence-corrected chi connectivity index (χ0v) is 16.5. The molecule has 7 nitrogen and oxygen atoms in total. The molecule has 1 aromatic heterocycles. The van der Waals surface area contributed by atoms with Gasteiger partial charge in [0.2, 0.25) is 11.7 Å². The predicted molar refractivity (Wildman–Crippen MR) is 104 cm³/mol. The van der Waals surface area contributed by atoms with Gasteiger partial charge in [0.1, 0.15) is 11.5 Å². The highest BCUT2D eigenvalue weighted by molar-refractivity contribution is 6.30. The van der Waals surface area contributed by atoms with Gasteiger partial charge in [0.05, 0.1) is 13.7 Å². The summed E-state index contributed by atoms with van der Waals surface area (Å²) in [6.07, 6.45) is -0.691. The average molecular weight is 402 g/mol. The summed E-state index contributed by atoms with van der Waals surface area (Å²) in [5, 5.41) is 4.51. The van der Waals surface area contributed by atoms with Crippen LogP contribution in [-0.4, -0.2) is 41.2 Å². The number of rotatable bonds is 7. The number of carbonyl (C=O) groups is 1. The molecule has 0 N–H and O–H groups in total. The zero-order valence-electron chi connectivity index (χ0n) is 15.8. The van der Waals surface area contributed by atoms with E-state index < -0.39 is 6.10 Å². The summed E-state index contributed by atoms with van der Waals surface area (Å²) < 4.78 is 16.1. The van der Waals surface area contributed by atoms with Crippen LogP contribution < -0.4 is 9.47 Å². The van der Waals surface area contributed by atoms with Crippen LogP contribution >= 0.6 is 11.6 Å². The third-order valence-electron chi connectivity index (χ3n) is 4.00. The highest BCUT2D eigenvalue weighted by Crippen LogP contribution is 2.22. The topological polar surface area (TPSA) is 77.7 Å². The third-order valence-corrected chi connectivity index (χ3v) is 4.24. The lowest BCUT2D eigenvalue weighted by Gasteiger charge is -2.20. The summed E-state index contributed by atoms with van der Waals surface area (Å²) >= 11 is 5.94. The minimum atomic E-state index is -0.691. The molecule has 0 aliphatic carbocycles. The van der Waals surface area contributed by atoms with Crippen LogP contribution in [0.25, 0.3) is 11.4 Å². The van der Waals surface area contributed by atoms with Crippen molar-refractivity contribution >= 4 is 17.5 Å². The molecule has 0 radical (unpaired) electrons. The molecule has 0 fully saturated rings. The molecule has 0 saturated carbocycles. The quantitative estimate of drug-likeness (QED) is 0.598. The number of methoxy groups -OCH3 is 1. The molecule has 28 heavy (non-hydrogen) atoms. The summed E-state index contributed by atoms with van der Waals surface area (Å²) in [7, 11) is 3.24. The van der Waals surface area contributed by atoms with E-state index in [9.17, 15) is 4.79 Å². The first-order chi connectivity index (χ1) is 13.5. The number of nitrogens with zero attached hydrogens (tertiary/aromatic N) is 3. The van der Waals surface area contributed by atoms with Crippen molar-refractivity contribution in [3.8, 4) is 22.9 Å². The maximum atomic E-state index is 12.6. The molecule has 2 aromatic carbocycles. The highest BCUT2D eigenvalue weighted by Gasteiger charge is 2.21. The molecular weight excluding hydrogens is 382 g/mol. The lowest BCUT2D eigenvalue weighted by molar-refractivity contribution is -0.137. The number of hydrogen-bond donors (Lipinski definition) is 0. The van der Waals surface area contributed by atoms with E-state index in [1.54, 1.807) is 45.3 Å². The van der Waals surface area contributed by atoms with Crippen LogP contribution in [0.5, 0.6) is 11.5 Å². The third kappa shape index (κ3) is 4.80. The lowest BCUT2D eigenvalue weighted by Crippen LogP contribution is -2.37. The zero-order chi connectivity index (χ0) is 20.1. The number of hydrogen-bond acceptors (Lipinski definition) is 6. The van der Waals surface area contributed by atoms with Crippen molar-refractivity contribution in [3.63, 3.8) is 0 Å². The number of benzene rings is 2. The van der Waals surface area contributed by atoms with E-state index in [2.05, 4.69) is 10.1 Å². The van der Waals surface area contributed by atoms with E-state index in [-0.39, 0.29) is 12.5 Å². The van der Waals surface area contributed by atoms with Gasteiger partial charge in [-0.15, -0.1) is 0 Å². The van der Waals surface area contributed by atoms with E-state index >= 15 is 0 Å². The van der Waals surface area contributed by atoms with Crippen LogP contribution in [0.2, 0.25) is 5.02 Å². The van der Waals surface area contributed by atoms with Gasteiger partial charge in [0.25, 0.3) is 5.91 Å². The van der Waals surface area contributed by atoms with Gasteiger partial charge in [-0.25, -0.2) is 0 Å². The fourth-order valence-electron chi connectivity index (χ4n) is 2.58. The van der Waals surface area contributed by atoms with Crippen molar-refractivity contribution in [2.75, 3.05) is 14.2 Å². The first-order valence-corrected chi connectivity index (χ1v) is 8.98. The van der Waals surface area contributed by atoms with Crippen LogP contribution in [0.1, 0.15) is 12.8 Å². The van der Waals surface area contributed by atoms with Gasteiger partial charge < -0.3 is 18.9 Å². The molecule has 8 heteroatoms. The summed E-state index contributed by atoms with van der Waals surface area (Å²) in [5.41, 5.74) is 0.765. The Morgan fingerprint density at radius 3 is 2.71 bits per heavy atom. The molecule has 0 saturated heterocycles. The van der Waals surface area contributed by atoms with Crippen molar-refractivity contribution in [2.24, 2.45) is 0 Å². The van der Waals surface area contributed by atoms with Gasteiger partial charge >= 0.3 is 0 Å². The Morgan fingerprint density at radius 1 is 1.21 bits per heavy atom. The Kier molecular flexibility index (Phi) is 6.16. The van der Waals surface area contributed by atoms with Crippen LogP contribution in [0.4, 0.5) is 0 Å². The SMILES string of the molecule is COc1cccc(-c2noc(CN(C)C(=O)C(C)Oc3cccc(Cl)c3)n2)c1. The molecule has 0 bridgehead atoms. The van der Waals surface area contributed by atoms with E-state index in [1.165, 1.54) is 4.90 Å². The van der Waals surface area contributed by atoms with Gasteiger partial charge in [-0.2, -0.15) is 4.98 Å². The lowest BCUT2D eigenvalue weighted by atomic mass is 10.2. The van der Waals surface area contributed by atoms with Crippen LogP contribution in [-0.2, 0) is 11.3 Å². The van der Waals surface area contributed by atoms with Gasteiger partial charge in [0, 0.05) is 17.6 Å². The first-order valence-electron chi connectivity index (χ1n) is 8.60. The molecule has 0 aliphatic rings. The van der Waals surface area contributed by atoms with Gasteiger partial charge in [-0.3, -0.25) is 4.79 Å². The Morgan fingerprint density at radius 2 is 1.96 bits per heavy atom. The number of carbonyl (C=O) groups excluding carboxylic acids is 1. The minimum absolute atomic E-state index is 0.166. The van der Waals surface area contributed by atoms with Gasteiger partial charge in [-0.1, -0.05) is 35.0 Å². The predicted octanol–water partition coefficient (Wildman–Crippen LogP) is 3.82. The van der Waals surface area contributed by atoms with Crippen molar-refractivity contribution < 1.29 is 18.8 Å². The Balaban J connectivity index is 1.63. The van der Waals surface area contributed by atoms with Crippen molar-refractivity contribution in [1.29, 1.82) is 0 Å². The Labute approximate surface area is 167 Å². The summed E-state index contributed by atoms with van der Waals surface area (Å²) in [4.78, 5) is 18.4. The maximum absolute atomic E-state index is 12.6. The number of amides is 1. The normalized spacial score (nSPS) is 11.7. The second kappa shape index (κ2) is 8.75. The molecule has 1 heterocycles. The molecule has 0 aliphatic heterocycles. The molecule has 3 rings (SSSR count). The fourth-order valence-corrected chi connectivity index (χ4v) is 2.76. The fraction of sp³-hybridized carbons (Fsp3) is 0.250. The minimum Gasteiger partial charge on any atom is -0.497 e. The van der Waals surface area contributed by atoms with Crippen LogP contribution in [0, 0.1) is 0 Å². The van der Waals surface area contributed by atoms with E-state index in [0.717, 1.165) is 5.56 Å². The molecule has 3 aromatic rings. The largest absolute Gasteiger partial charge is 0.497 e. The second-order valence-corrected chi connectivity index (χ2v) is 6.59. The van der Waals surface area contributed by atoms with Gasteiger partial charge in [-0.05, 0) is 37.3 Å². The number of halogens is 1. The Bertz CT molecular complexity index is 960. The molecule has 1 atom stereocenters. The number of ether oxygens (including phenoxy) is 2. The van der Waals surface area contributed by atoms with Crippen molar-refractivity contribution in [2.45, 2.75) is 19.6 Å². The average Bonchev–Trinajstić information content (AvgIpc) is 3.16. The van der Waals surface area contributed by atoms with Gasteiger partial charge in [0.15, 0.2) is 6.10 Å². The summed E-state index contributed by atoms with van der Waals surface area (Å²) in [6.45, 7) is 1.84. The molecule has 146 valence electrons. The summed E-state index contributed by atoms with van der Waals surface area (Å²) in [5.74, 6) is 1.76. The van der Waals surface area contributed by atoms with E-state index in [1.807, 2.05) is 24.3 Å². The number of likely N-dealkylation sites (N-methyl/N-ethyl adjacent to an activating group) is 1. The maximum Gasteiger partial charge on any atom is 0.263 e. The van der Waals surface area contributed by atoms with E-state index in [4.69, 9.17) is 25.6 Å². The number of aromatic nitrogens is 2. The van der Waals surface area contributed by atoms with Crippen LogP contribution in [0.3, 0.4) is 0 Å². The first kappa shape index (κ1) is 19.7. The van der Waals surface area contributed by atoms with Crippen molar-refractivity contribution in [1.82, 2.24) is 15.0 Å². The second-order valence-electron chi connectivity index (χ2n) is 6.16. The van der Waals surface area contributed by atoms with Crippen molar-refractivity contribution in [3.05, 3.63) is 59.4 Å². The summed E-state index contributed by atoms with van der Waals surface area (Å²) in [6, 6.07) is 14.2. The smallest absolute Gasteiger partial charge is 0.263 e. The standard InChI is InChI=1S/C20H20ClN3O4/c1-13(27-17-9-5-7-15(21)11-17)20(25)24(2)12-18-22-19(23-28-18)14-6-4-8-16(10-14)26-3/h4-11,13H,12H2,1-3H3. The molecule has 0 spiro atoms. The van der Waals surface area contributed by atoms with E-state index in [0.29, 0.717) is 28.2 Å². The molecular formula is C20H20ClN3O4. The Hall–Kier alpha value is -3.06.